The molecular weight excluding hydrogens is 590 g/mol. The number of rotatable bonds is 5. The van der Waals surface area contributed by atoms with Crippen LogP contribution < -0.4 is 5.32 Å². The quantitative estimate of drug-likeness (QED) is 0.230. The van der Waals surface area contributed by atoms with Crippen molar-refractivity contribution in [3.8, 4) is 0 Å². The van der Waals surface area contributed by atoms with Crippen LogP contribution >= 0.6 is 0 Å². The van der Waals surface area contributed by atoms with Gasteiger partial charge >= 0.3 is 21.1 Å². The summed E-state index contributed by atoms with van der Waals surface area (Å²) in [7, 11) is 0. The molecule has 0 bridgehead atoms. The molecule has 2 aliphatic rings. The summed E-state index contributed by atoms with van der Waals surface area (Å²) in [5.41, 5.74) is 2.48. The summed E-state index contributed by atoms with van der Waals surface area (Å²) in [5, 5.41) is 29.3. The maximum absolute atomic E-state index is 12.6. The van der Waals surface area contributed by atoms with Gasteiger partial charge in [-0.25, -0.2) is 17.8 Å². The van der Waals surface area contributed by atoms with Crippen LogP contribution in [0.25, 0.3) is 0 Å². The van der Waals surface area contributed by atoms with Gasteiger partial charge in [0.05, 0.1) is 6.34 Å². The molecule has 4 rings (SSSR count). The number of amidine groups is 1. The number of amides is 1. The third-order valence-corrected chi connectivity index (χ3v) is 4.78. The largest absolute Gasteiger partial charge is 2.00 e. The van der Waals surface area contributed by atoms with Gasteiger partial charge in [0.2, 0.25) is 0 Å². The molecule has 0 atom stereocenters. The van der Waals surface area contributed by atoms with Crippen molar-refractivity contribution in [3.05, 3.63) is 66.8 Å². The third-order valence-electron chi connectivity index (χ3n) is 4.78. The van der Waals surface area contributed by atoms with Crippen LogP contribution in [0.1, 0.15) is 54.0 Å². The van der Waals surface area contributed by atoms with E-state index in [1.54, 1.807) is 30.5 Å². The molecule has 1 aliphatic carbocycles. The van der Waals surface area contributed by atoms with Crippen LogP contribution in [0, 0.1) is 24.7 Å². The van der Waals surface area contributed by atoms with E-state index in [2.05, 4.69) is 21.7 Å². The van der Waals surface area contributed by atoms with Gasteiger partial charge in [0.15, 0.2) is 5.84 Å². The van der Waals surface area contributed by atoms with Gasteiger partial charge in [0, 0.05) is 25.3 Å². The van der Waals surface area contributed by atoms with Crippen LogP contribution in [0.3, 0.4) is 0 Å². The number of aromatic nitrogens is 2. The molecule has 176 valence electrons. The summed E-state index contributed by atoms with van der Waals surface area (Å²) in [6.45, 7) is 4.66. The van der Waals surface area contributed by atoms with Crippen LogP contribution in [0.15, 0.2) is 30.5 Å². The van der Waals surface area contributed by atoms with Gasteiger partial charge in [-0.1, -0.05) is 6.07 Å². The first-order chi connectivity index (χ1) is 14.9. The minimum Gasteiger partial charge on any atom is -0.358 e. The predicted molar refractivity (Wildman–Crippen MR) is 125 cm³/mol. The Bertz CT molecular complexity index is 963. The number of anilines is 1. The number of fused-ring (bicyclic) bond motifs is 1. The number of nitrogens with one attached hydrogen (secondary N) is 3. The summed E-state index contributed by atoms with van der Waals surface area (Å²) < 4.78 is 0. The number of hydroxylamine groups is 2. The second-order valence-corrected chi connectivity index (χ2v) is 7.68. The van der Waals surface area contributed by atoms with Gasteiger partial charge in [-0.2, -0.15) is 5.06 Å². The van der Waals surface area contributed by atoms with E-state index in [4.69, 9.17) is 10.8 Å². The molecule has 4 N–H and O–H groups in total. The molecule has 1 aliphatic heterocycles. The summed E-state index contributed by atoms with van der Waals surface area (Å²) >= 11 is 0. The number of hydrogen-bond donors (Lipinski definition) is 4. The Labute approximate surface area is 209 Å². The first kappa shape index (κ1) is 28.6. The monoisotopic (exact) mass is 621 g/mol. The van der Waals surface area contributed by atoms with Crippen molar-refractivity contribution in [2.75, 3.05) is 11.9 Å². The molecule has 0 spiro atoms. The Balaban J connectivity index is 0.00000101. The average Bonchev–Trinajstić information content (AvgIpc) is 3.63. The molecule has 0 radical (unpaired) electrons. The first-order valence-corrected chi connectivity index (χ1v) is 10.3. The van der Waals surface area contributed by atoms with E-state index in [1.807, 2.05) is 13.8 Å². The molecule has 0 unspecified atom stereocenters. The second kappa shape index (κ2) is 13.3. The molecule has 3 heterocycles. The van der Waals surface area contributed by atoms with Crippen molar-refractivity contribution >= 4 is 23.9 Å². The van der Waals surface area contributed by atoms with Gasteiger partial charge in [-0.3, -0.25) is 20.6 Å². The molecule has 1 saturated carbocycles. The van der Waals surface area contributed by atoms with Gasteiger partial charge < -0.3 is 29.3 Å². The van der Waals surface area contributed by atoms with Crippen LogP contribution in [0.2, 0.25) is 0 Å². The van der Waals surface area contributed by atoms with E-state index >= 15 is 0 Å². The average molecular weight is 621 g/mol. The zero-order valence-electron chi connectivity index (χ0n) is 19.2. The standard InChI is InChI=1S/C19H23N7O2.C3H5.CH3.W/c1-12(2)26(11-20)18(21)15-4-3-5-17(23-15)24-19(27)16-8-14-10-25(28)7-6-13(14)9-22-16;1-2-3-1;;/h3-5,8-9,11-12,20-21,28H,6-7,10H2,1-2H3,(H,23,24,27);1H,2-3H2;1H3;/q;2*-1;+2. The maximum atomic E-state index is 12.6. The number of hydrogen-bond acceptors (Lipinski definition) is 7. The van der Waals surface area contributed by atoms with Gasteiger partial charge in [0.1, 0.15) is 17.2 Å². The Kier molecular flexibility index (Phi) is 11.5. The van der Waals surface area contributed by atoms with Crippen LogP contribution in [-0.2, 0) is 34.0 Å². The molecular formula is C23H31N7O2W. The van der Waals surface area contributed by atoms with Gasteiger partial charge in [0.25, 0.3) is 5.91 Å². The molecule has 1 fully saturated rings. The minimum atomic E-state index is -0.415. The van der Waals surface area contributed by atoms with E-state index in [1.165, 1.54) is 22.8 Å². The van der Waals surface area contributed by atoms with Crippen LogP contribution in [-0.4, -0.2) is 55.8 Å². The van der Waals surface area contributed by atoms with Crippen LogP contribution in [0.4, 0.5) is 5.82 Å². The fourth-order valence-electron chi connectivity index (χ4n) is 2.97. The zero-order valence-corrected chi connectivity index (χ0v) is 22.1. The number of carbonyl (C=O) groups excluding carboxylic acids is 1. The summed E-state index contributed by atoms with van der Waals surface area (Å²) in [6.07, 6.45) is 8.44. The molecule has 33 heavy (non-hydrogen) atoms. The molecule has 2 aromatic rings. The topological polar surface area (TPSA) is 129 Å². The Hall–Kier alpha value is -2.48. The third kappa shape index (κ3) is 8.10. The fraction of sp³-hybridized carbons (Fsp3) is 0.348. The smallest absolute Gasteiger partial charge is 0.358 e. The Morgan fingerprint density at radius 2 is 2.00 bits per heavy atom. The summed E-state index contributed by atoms with van der Waals surface area (Å²) in [5.74, 6) is -0.0397. The molecule has 9 nitrogen and oxygen atoms in total. The minimum absolute atomic E-state index is 0. The number of carbonyl (C=O) groups is 1. The van der Waals surface area contributed by atoms with Crippen molar-refractivity contribution < 1.29 is 31.1 Å². The van der Waals surface area contributed by atoms with Crippen molar-refractivity contribution in [3.63, 3.8) is 0 Å². The molecule has 0 aromatic carbocycles. The van der Waals surface area contributed by atoms with Crippen molar-refractivity contribution in [2.24, 2.45) is 0 Å². The maximum Gasteiger partial charge on any atom is 2.00 e. The van der Waals surface area contributed by atoms with Crippen molar-refractivity contribution in [2.45, 2.75) is 45.7 Å². The first-order valence-electron chi connectivity index (χ1n) is 10.3. The normalized spacial score (nSPS) is 13.8. The van der Waals surface area contributed by atoms with E-state index < -0.39 is 5.91 Å². The van der Waals surface area contributed by atoms with E-state index in [-0.39, 0.29) is 46.1 Å². The number of nitrogens with zero attached hydrogens (tertiary/aromatic N) is 4. The van der Waals surface area contributed by atoms with E-state index in [0.29, 0.717) is 31.0 Å². The second-order valence-electron chi connectivity index (χ2n) is 7.68. The molecule has 1 amide bonds. The fourth-order valence-corrected chi connectivity index (χ4v) is 2.97. The van der Waals surface area contributed by atoms with Crippen molar-refractivity contribution in [1.29, 1.82) is 10.8 Å². The summed E-state index contributed by atoms with van der Waals surface area (Å²) in [4.78, 5) is 22.6. The SMILES string of the molecule is CC(C)N(C=N)C(=N)c1cccc(NC(=O)c2cc3c(cn2)CCN(O)C3)n1.[CH-]1CC1.[CH3-].[W+2]. The van der Waals surface area contributed by atoms with Crippen molar-refractivity contribution in [1.82, 2.24) is 19.9 Å². The zero-order chi connectivity index (χ0) is 22.4. The summed E-state index contributed by atoms with van der Waals surface area (Å²) in [6, 6.07) is 6.60. The number of pyridine rings is 2. The van der Waals surface area contributed by atoms with Gasteiger partial charge in [-0.15, -0.1) is 0 Å². The molecule has 10 heteroatoms. The van der Waals surface area contributed by atoms with Gasteiger partial charge in [-0.05, 0) is 49.6 Å². The Morgan fingerprint density at radius 3 is 2.61 bits per heavy atom. The van der Waals surface area contributed by atoms with E-state index in [0.717, 1.165) is 17.5 Å². The van der Waals surface area contributed by atoms with E-state index in [9.17, 15) is 10.0 Å². The Morgan fingerprint density at radius 1 is 1.30 bits per heavy atom. The molecule has 0 saturated heterocycles. The predicted octanol–water partition coefficient (Wildman–Crippen LogP) is 3.55. The van der Waals surface area contributed by atoms with Crippen LogP contribution in [0.5, 0.6) is 0 Å². The molecule has 2 aromatic heterocycles.